The molecule has 0 unspecified atom stereocenters. The van der Waals surface area contributed by atoms with E-state index in [0.29, 0.717) is 29.7 Å². The maximum absolute atomic E-state index is 12.5. The Kier molecular flexibility index (Phi) is 6.89. The van der Waals surface area contributed by atoms with Crippen LogP contribution < -0.4 is 5.32 Å². The van der Waals surface area contributed by atoms with Crippen molar-refractivity contribution in [2.45, 2.75) is 53.6 Å². The van der Waals surface area contributed by atoms with Crippen LogP contribution in [0.25, 0.3) is 0 Å². The number of aryl methyl sites for hydroxylation is 3. The van der Waals surface area contributed by atoms with Crippen LogP contribution in [-0.4, -0.2) is 30.4 Å². The Balaban J connectivity index is 1.61. The minimum Gasteiger partial charge on any atom is -0.358 e. The largest absolute Gasteiger partial charge is 0.404 e. The van der Waals surface area contributed by atoms with Gasteiger partial charge in [0.1, 0.15) is 4.47 Å². The summed E-state index contributed by atoms with van der Waals surface area (Å²) in [7, 11) is 0. The zero-order valence-corrected chi connectivity index (χ0v) is 19.6. The van der Waals surface area contributed by atoms with Crippen LogP contribution in [0.1, 0.15) is 41.1 Å². The molecule has 0 aliphatic carbocycles. The summed E-state index contributed by atoms with van der Waals surface area (Å²) < 4.78 is 3.82. The van der Waals surface area contributed by atoms with E-state index in [9.17, 15) is 14.9 Å². The standard InChI is InChI=1S/C21H25BrN6O3/c1-13-8-5-6-9-17(13)12-27-16(4)20(14(2)24-27)23-18(29)10-7-11-26-15(3)19(22)21(25-26)28(30)31/h5-6,8-9H,7,10-12H2,1-4H3,(H,23,29). The predicted octanol–water partition coefficient (Wildman–Crippen LogP) is 4.45. The highest BCUT2D eigenvalue weighted by molar-refractivity contribution is 9.10. The van der Waals surface area contributed by atoms with Crippen LogP contribution in [0.3, 0.4) is 0 Å². The molecule has 0 saturated heterocycles. The maximum Gasteiger partial charge on any atom is 0.404 e. The van der Waals surface area contributed by atoms with Gasteiger partial charge in [0.05, 0.1) is 41.0 Å². The highest BCUT2D eigenvalue weighted by Crippen LogP contribution is 2.27. The topological polar surface area (TPSA) is 108 Å². The number of benzene rings is 1. The molecule has 0 aliphatic rings. The molecule has 3 aromatic rings. The van der Waals surface area contributed by atoms with E-state index in [1.54, 1.807) is 11.6 Å². The average molecular weight is 489 g/mol. The second-order valence-corrected chi connectivity index (χ2v) is 8.28. The van der Waals surface area contributed by atoms with Crippen LogP contribution in [0.15, 0.2) is 28.7 Å². The molecule has 1 amide bonds. The van der Waals surface area contributed by atoms with E-state index in [1.165, 1.54) is 11.1 Å². The molecule has 0 radical (unpaired) electrons. The van der Waals surface area contributed by atoms with Gasteiger partial charge in [0.2, 0.25) is 5.91 Å². The fourth-order valence-corrected chi connectivity index (χ4v) is 3.84. The minimum absolute atomic E-state index is 0.125. The van der Waals surface area contributed by atoms with Crippen molar-refractivity contribution in [3.8, 4) is 0 Å². The Morgan fingerprint density at radius 3 is 2.48 bits per heavy atom. The Morgan fingerprint density at radius 2 is 1.84 bits per heavy atom. The molecule has 0 spiro atoms. The summed E-state index contributed by atoms with van der Waals surface area (Å²) in [6.07, 6.45) is 0.778. The van der Waals surface area contributed by atoms with Crippen LogP contribution in [0, 0.1) is 37.8 Å². The molecule has 164 valence electrons. The van der Waals surface area contributed by atoms with Crippen molar-refractivity contribution in [3.05, 3.63) is 67.1 Å². The van der Waals surface area contributed by atoms with Crippen molar-refractivity contribution < 1.29 is 9.72 Å². The second kappa shape index (κ2) is 9.42. The number of carbonyl (C=O) groups is 1. The van der Waals surface area contributed by atoms with Gasteiger partial charge in [0.15, 0.2) is 0 Å². The van der Waals surface area contributed by atoms with Crippen molar-refractivity contribution in [2.75, 3.05) is 5.32 Å². The summed E-state index contributed by atoms with van der Waals surface area (Å²) in [6, 6.07) is 8.15. The zero-order chi connectivity index (χ0) is 22.7. The number of hydrogen-bond donors (Lipinski definition) is 1. The van der Waals surface area contributed by atoms with Gasteiger partial charge in [-0.25, -0.2) is 0 Å². The van der Waals surface area contributed by atoms with E-state index in [-0.39, 0.29) is 18.1 Å². The average Bonchev–Trinajstić information content (AvgIpc) is 3.15. The number of aromatic nitrogens is 4. The molecule has 1 aromatic carbocycles. The van der Waals surface area contributed by atoms with E-state index >= 15 is 0 Å². The Labute approximate surface area is 188 Å². The molecule has 3 rings (SSSR count). The molecule has 2 heterocycles. The first-order chi connectivity index (χ1) is 14.7. The van der Waals surface area contributed by atoms with Crippen molar-refractivity contribution in [1.29, 1.82) is 0 Å². The highest BCUT2D eigenvalue weighted by Gasteiger charge is 2.23. The molecule has 0 fully saturated rings. The predicted molar refractivity (Wildman–Crippen MR) is 121 cm³/mol. The number of rotatable bonds is 8. The molecule has 10 heteroatoms. The first-order valence-corrected chi connectivity index (χ1v) is 10.7. The normalized spacial score (nSPS) is 11.0. The summed E-state index contributed by atoms with van der Waals surface area (Å²) in [6.45, 7) is 8.69. The summed E-state index contributed by atoms with van der Waals surface area (Å²) >= 11 is 3.20. The second-order valence-electron chi connectivity index (χ2n) is 7.48. The molecule has 0 bridgehead atoms. The first kappa shape index (κ1) is 22.7. The van der Waals surface area contributed by atoms with Gasteiger partial charge in [0, 0.05) is 6.42 Å². The van der Waals surface area contributed by atoms with Crippen LogP contribution in [-0.2, 0) is 17.9 Å². The molecular weight excluding hydrogens is 464 g/mol. The van der Waals surface area contributed by atoms with Crippen LogP contribution >= 0.6 is 15.9 Å². The molecule has 0 aliphatic heterocycles. The van der Waals surface area contributed by atoms with Crippen molar-refractivity contribution in [2.24, 2.45) is 0 Å². The van der Waals surface area contributed by atoms with Gasteiger partial charge in [0.25, 0.3) is 0 Å². The number of amides is 1. The van der Waals surface area contributed by atoms with Gasteiger partial charge in [-0.1, -0.05) is 24.3 Å². The molecule has 2 aromatic heterocycles. The number of nitrogens with zero attached hydrogens (tertiary/aromatic N) is 5. The fraction of sp³-hybridized carbons (Fsp3) is 0.381. The smallest absolute Gasteiger partial charge is 0.358 e. The zero-order valence-electron chi connectivity index (χ0n) is 18.0. The molecule has 0 saturated carbocycles. The maximum atomic E-state index is 12.5. The lowest BCUT2D eigenvalue weighted by atomic mass is 10.1. The Morgan fingerprint density at radius 1 is 1.13 bits per heavy atom. The van der Waals surface area contributed by atoms with E-state index in [2.05, 4.69) is 50.5 Å². The third kappa shape index (κ3) is 5.01. The molecule has 0 atom stereocenters. The SMILES string of the molecule is Cc1ccccc1Cn1nc(C)c(NC(=O)CCCn2nc([N+](=O)[O-])c(Br)c2C)c1C. The number of hydrogen-bond acceptors (Lipinski definition) is 5. The van der Waals surface area contributed by atoms with E-state index < -0.39 is 4.92 Å². The summed E-state index contributed by atoms with van der Waals surface area (Å²) in [5.41, 5.74) is 5.43. The lowest BCUT2D eigenvalue weighted by Crippen LogP contribution is -2.14. The van der Waals surface area contributed by atoms with Crippen molar-refractivity contribution in [3.63, 3.8) is 0 Å². The van der Waals surface area contributed by atoms with Crippen LogP contribution in [0.2, 0.25) is 0 Å². The van der Waals surface area contributed by atoms with Crippen molar-refractivity contribution in [1.82, 2.24) is 19.6 Å². The van der Waals surface area contributed by atoms with Gasteiger partial charge < -0.3 is 15.4 Å². The third-order valence-corrected chi connectivity index (χ3v) is 6.22. The Hall–Kier alpha value is -3.01. The van der Waals surface area contributed by atoms with Crippen LogP contribution in [0.4, 0.5) is 11.5 Å². The number of nitro groups is 1. The molecule has 9 nitrogen and oxygen atoms in total. The van der Waals surface area contributed by atoms with Gasteiger partial charge in [-0.15, -0.1) is 0 Å². The number of halogens is 1. The monoisotopic (exact) mass is 488 g/mol. The lowest BCUT2D eigenvalue weighted by Gasteiger charge is -2.09. The quantitative estimate of drug-likeness (QED) is 0.372. The Bertz CT molecular complexity index is 1130. The number of anilines is 1. The third-order valence-electron chi connectivity index (χ3n) is 5.29. The van der Waals surface area contributed by atoms with Crippen LogP contribution in [0.5, 0.6) is 0 Å². The molecule has 1 N–H and O–H groups in total. The van der Waals surface area contributed by atoms with E-state index in [1.807, 2.05) is 30.7 Å². The van der Waals surface area contributed by atoms with E-state index in [0.717, 1.165) is 17.1 Å². The van der Waals surface area contributed by atoms with E-state index in [4.69, 9.17) is 0 Å². The summed E-state index contributed by atoms with van der Waals surface area (Å²) in [4.78, 5) is 23.0. The molecular formula is C21H25BrN6O3. The van der Waals surface area contributed by atoms with Gasteiger partial charge in [-0.2, -0.15) is 9.78 Å². The molecule has 31 heavy (non-hydrogen) atoms. The van der Waals surface area contributed by atoms with Crippen molar-refractivity contribution >= 4 is 33.3 Å². The number of carbonyl (C=O) groups excluding carboxylic acids is 1. The first-order valence-electron chi connectivity index (χ1n) is 9.94. The summed E-state index contributed by atoms with van der Waals surface area (Å²) in [5.74, 6) is -0.339. The number of nitrogens with one attached hydrogen (secondary N) is 1. The fourth-order valence-electron chi connectivity index (χ4n) is 3.41. The van der Waals surface area contributed by atoms with Gasteiger partial charge in [-0.3, -0.25) is 9.48 Å². The van der Waals surface area contributed by atoms with Gasteiger partial charge in [-0.05, 0) is 66.1 Å². The minimum atomic E-state index is -0.527. The van der Waals surface area contributed by atoms with Gasteiger partial charge >= 0.3 is 5.82 Å². The summed E-state index contributed by atoms with van der Waals surface area (Å²) in [5, 5.41) is 22.5. The lowest BCUT2D eigenvalue weighted by molar-refractivity contribution is -0.390. The highest BCUT2D eigenvalue weighted by atomic mass is 79.9.